The SMILES string of the molecule is F[B-](F)(F)F.OC(C[n+]1c(-c2ccccc2)cc(-c2ccccc2)cc1-c1ccccc1)c1ccccc1. The molecule has 1 N–H and O–H groups in total. The zero-order valence-corrected chi connectivity index (χ0v) is 20.5. The predicted octanol–water partition coefficient (Wildman–Crippen LogP) is 8.01. The summed E-state index contributed by atoms with van der Waals surface area (Å²) in [6.07, 6.45) is -0.622. The van der Waals surface area contributed by atoms with Gasteiger partial charge in [0.15, 0.2) is 6.54 Å². The molecule has 0 saturated heterocycles. The van der Waals surface area contributed by atoms with E-state index >= 15 is 0 Å². The second-order valence-corrected chi connectivity index (χ2v) is 8.64. The number of benzene rings is 4. The zero-order chi connectivity index (χ0) is 27.0. The highest BCUT2D eigenvalue weighted by atomic mass is 19.5. The van der Waals surface area contributed by atoms with Gasteiger partial charge in [-0.1, -0.05) is 97.1 Å². The highest BCUT2D eigenvalue weighted by Gasteiger charge is 2.25. The van der Waals surface area contributed by atoms with E-state index in [-0.39, 0.29) is 0 Å². The number of pyridine rings is 1. The van der Waals surface area contributed by atoms with Crippen molar-refractivity contribution < 1.29 is 26.9 Å². The maximum Gasteiger partial charge on any atom is 0.673 e. The molecule has 192 valence electrons. The van der Waals surface area contributed by atoms with Gasteiger partial charge in [-0.2, -0.15) is 4.57 Å². The van der Waals surface area contributed by atoms with Crippen molar-refractivity contribution in [2.45, 2.75) is 12.6 Å². The Morgan fingerprint density at radius 2 is 0.868 bits per heavy atom. The van der Waals surface area contributed by atoms with Gasteiger partial charge >= 0.3 is 7.25 Å². The summed E-state index contributed by atoms with van der Waals surface area (Å²) in [5, 5.41) is 11.2. The van der Waals surface area contributed by atoms with Crippen LogP contribution >= 0.6 is 0 Å². The monoisotopic (exact) mass is 515 g/mol. The lowest BCUT2D eigenvalue weighted by Crippen LogP contribution is -2.41. The Kier molecular flexibility index (Phi) is 8.71. The first-order valence-corrected chi connectivity index (χ1v) is 12.1. The van der Waals surface area contributed by atoms with Crippen molar-refractivity contribution in [2.24, 2.45) is 0 Å². The van der Waals surface area contributed by atoms with E-state index in [0.29, 0.717) is 6.54 Å². The fourth-order valence-corrected chi connectivity index (χ4v) is 4.27. The van der Waals surface area contributed by atoms with Crippen molar-refractivity contribution in [3.8, 4) is 33.6 Å². The first-order valence-electron chi connectivity index (χ1n) is 12.1. The van der Waals surface area contributed by atoms with Crippen molar-refractivity contribution in [1.29, 1.82) is 0 Å². The van der Waals surface area contributed by atoms with Gasteiger partial charge in [0.2, 0.25) is 11.4 Å². The van der Waals surface area contributed by atoms with Crippen molar-refractivity contribution in [3.05, 3.63) is 139 Å². The molecule has 0 fully saturated rings. The molecule has 5 aromatic rings. The van der Waals surface area contributed by atoms with E-state index in [4.69, 9.17) is 0 Å². The van der Waals surface area contributed by atoms with Gasteiger partial charge in [-0.3, -0.25) is 0 Å². The molecule has 1 aromatic heterocycles. The van der Waals surface area contributed by atoms with Gasteiger partial charge in [0.1, 0.15) is 6.10 Å². The molecule has 0 spiro atoms. The van der Waals surface area contributed by atoms with Gasteiger partial charge in [-0.15, -0.1) is 0 Å². The van der Waals surface area contributed by atoms with Gasteiger partial charge in [-0.05, 0) is 41.0 Å². The Labute approximate surface area is 219 Å². The second kappa shape index (κ2) is 12.3. The number of hydrogen-bond acceptors (Lipinski definition) is 1. The smallest absolute Gasteiger partial charge is 0.418 e. The average Bonchev–Trinajstić information content (AvgIpc) is 2.94. The summed E-state index contributed by atoms with van der Waals surface area (Å²) in [5.74, 6) is 0. The van der Waals surface area contributed by atoms with Crippen LogP contribution in [-0.4, -0.2) is 12.4 Å². The molecular formula is C31H26BF4NO. The third-order valence-electron chi connectivity index (χ3n) is 5.95. The van der Waals surface area contributed by atoms with Crippen LogP contribution in [0.15, 0.2) is 133 Å². The first kappa shape index (κ1) is 26.8. The van der Waals surface area contributed by atoms with Gasteiger partial charge in [0.25, 0.3) is 0 Å². The summed E-state index contributed by atoms with van der Waals surface area (Å²) in [4.78, 5) is 0. The van der Waals surface area contributed by atoms with Crippen LogP contribution in [0.2, 0.25) is 0 Å². The minimum atomic E-state index is -6.00. The molecule has 7 heteroatoms. The minimum Gasteiger partial charge on any atom is -0.418 e. The van der Waals surface area contributed by atoms with E-state index < -0.39 is 13.4 Å². The van der Waals surface area contributed by atoms with E-state index in [0.717, 1.165) is 33.6 Å². The number of aromatic nitrogens is 1. The molecule has 5 rings (SSSR count). The predicted molar refractivity (Wildman–Crippen MR) is 145 cm³/mol. The van der Waals surface area contributed by atoms with Crippen LogP contribution in [0.5, 0.6) is 0 Å². The lowest BCUT2D eigenvalue weighted by atomic mass is 9.98. The Balaban J connectivity index is 0.000000617. The maximum absolute atomic E-state index is 11.2. The Morgan fingerprint density at radius 3 is 1.26 bits per heavy atom. The summed E-state index contributed by atoms with van der Waals surface area (Å²) < 4.78 is 41.2. The number of aliphatic hydroxyl groups is 1. The summed E-state index contributed by atoms with van der Waals surface area (Å²) in [5.41, 5.74) is 7.62. The second-order valence-electron chi connectivity index (χ2n) is 8.64. The highest BCUT2D eigenvalue weighted by molar-refractivity contribution is 6.50. The van der Waals surface area contributed by atoms with Crippen molar-refractivity contribution >= 4 is 7.25 Å². The first-order chi connectivity index (χ1) is 18.3. The van der Waals surface area contributed by atoms with E-state index in [2.05, 4.69) is 89.5 Å². The lowest BCUT2D eigenvalue weighted by molar-refractivity contribution is -0.683. The number of aliphatic hydroxyl groups excluding tert-OH is 1. The van der Waals surface area contributed by atoms with Crippen LogP contribution in [0.25, 0.3) is 33.6 Å². The molecule has 1 heterocycles. The molecule has 38 heavy (non-hydrogen) atoms. The Hall–Kier alpha value is -4.23. The van der Waals surface area contributed by atoms with E-state index in [1.807, 2.05) is 48.5 Å². The number of hydrogen-bond donors (Lipinski definition) is 1. The van der Waals surface area contributed by atoms with Crippen LogP contribution < -0.4 is 4.57 Å². The topological polar surface area (TPSA) is 24.1 Å². The van der Waals surface area contributed by atoms with Crippen LogP contribution in [-0.2, 0) is 6.54 Å². The van der Waals surface area contributed by atoms with Crippen molar-refractivity contribution in [2.75, 3.05) is 0 Å². The number of nitrogens with zero attached hydrogens (tertiary/aromatic N) is 1. The number of halogens is 4. The zero-order valence-electron chi connectivity index (χ0n) is 20.5. The molecule has 0 aliphatic rings. The summed E-state index contributed by atoms with van der Waals surface area (Å²) in [6.45, 7) is 0.452. The van der Waals surface area contributed by atoms with Gasteiger partial charge in [0, 0.05) is 23.3 Å². The van der Waals surface area contributed by atoms with Crippen LogP contribution in [0.1, 0.15) is 11.7 Å². The molecule has 0 aliphatic heterocycles. The molecule has 0 radical (unpaired) electrons. The van der Waals surface area contributed by atoms with Gasteiger partial charge < -0.3 is 22.4 Å². The quantitative estimate of drug-likeness (QED) is 0.138. The normalized spacial score (nSPS) is 11.8. The van der Waals surface area contributed by atoms with Crippen molar-refractivity contribution in [3.63, 3.8) is 0 Å². The molecular weight excluding hydrogens is 489 g/mol. The summed E-state index contributed by atoms with van der Waals surface area (Å²) >= 11 is 0. The Morgan fingerprint density at radius 1 is 0.526 bits per heavy atom. The molecule has 0 aliphatic carbocycles. The number of rotatable bonds is 6. The molecule has 1 unspecified atom stereocenters. The average molecular weight is 515 g/mol. The van der Waals surface area contributed by atoms with Crippen LogP contribution in [0, 0.1) is 0 Å². The van der Waals surface area contributed by atoms with Gasteiger partial charge in [0.05, 0.1) is 0 Å². The maximum atomic E-state index is 11.2. The standard InChI is InChI=1S/C31H26NO.BF4/c33-31(27-19-11-4-12-20-27)23-32-29(25-15-7-2-8-16-25)21-28(24-13-5-1-6-14-24)22-30(32)26-17-9-3-10-18-26;2-1(3,4)5/h1-22,31,33H,23H2;/q+1;-1. The third kappa shape index (κ3) is 7.40. The molecule has 0 bridgehead atoms. The fourth-order valence-electron chi connectivity index (χ4n) is 4.27. The molecule has 0 amide bonds. The molecule has 4 aromatic carbocycles. The van der Waals surface area contributed by atoms with Crippen LogP contribution in [0.4, 0.5) is 17.3 Å². The summed E-state index contributed by atoms with van der Waals surface area (Å²) in [6, 6.07) is 45.6. The van der Waals surface area contributed by atoms with E-state index in [1.165, 1.54) is 5.56 Å². The Bertz CT molecular complexity index is 1360. The molecule has 2 nitrogen and oxygen atoms in total. The highest BCUT2D eigenvalue weighted by Crippen LogP contribution is 2.30. The van der Waals surface area contributed by atoms with E-state index in [1.54, 1.807) is 0 Å². The molecule has 1 atom stereocenters. The largest absolute Gasteiger partial charge is 0.673 e. The van der Waals surface area contributed by atoms with Crippen LogP contribution in [0.3, 0.4) is 0 Å². The molecule has 0 saturated carbocycles. The third-order valence-corrected chi connectivity index (χ3v) is 5.95. The van der Waals surface area contributed by atoms with E-state index in [9.17, 15) is 22.4 Å². The van der Waals surface area contributed by atoms with Crippen molar-refractivity contribution in [1.82, 2.24) is 0 Å². The summed E-state index contributed by atoms with van der Waals surface area (Å²) in [7, 11) is -6.00. The minimum absolute atomic E-state index is 0.452. The lowest BCUT2D eigenvalue weighted by Gasteiger charge is -2.15. The fraction of sp³-hybridized carbons (Fsp3) is 0.0645. The van der Waals surface area contributed by atoms with Gasteiger partial charge in [-0.25, -0.2) is 0 Å².